The normalized spacial score (nSPS) is 21.4. The van der Waals surface area contributed by atoms with Gasteiger partial charge in [0.1, 0.15) is 11.8 Å². The molecule has 0 N–H and O–H groups in total. The van der Waals surface area contributed by atoms with E-state index in [1.165, 1.54) is 31.3 Å². The Labute approximate surface area is 177 Å². The molecule has 2 fully saturated rings. The number of likely N-dealkylation sites (N-methyl/N-ethyl adjacent to an activating group) is 1. The van der Waals surface area contributed by atoms with Gasteiger partial charge in [0, 0.05) is 45.8 Å². The fraction of sp³-hybridized carbons (Fsp3) is 0.579. The van der Waals surface area contributed by atoms with Crippen LogP contribution in [-0.2, 0) is 19.6 Å². The Balaban J connectivity index is 1.79. The molecule has 2 amide bonds. The van der Waals surface area contributed by atoms with Gasteiger partial charge in [-0.05, 0) is 31.3 Å². The summed E-state index contributed by atoms with van der Waals surface area (Å²) in [6.45, 7) is 2.91. The number of nitrogens with zero attached hydrogens (tertiary/aromatic N) is 4. The molecular formula is C19H28N4O6S. The van der Waals surface area contributed by atoms with Crippen LogP contribution in [0.4, 0.5) is 4.79 Å². The SMILES string of the molecule is COC(=O)C1CN(C(=O)N2CCN(C)CC2)CCN1S(=O)(=O)c1ccc(OC)cc1. The first-order valence-corrected chi connectivity index (χ1v) is 11.2. The Hall–Kier alpha value is -2.37. The highest BCUT2D eigenvalue weighted by Gasteiger charge is 2.42. The molecule has 166 valence electrons. The second-order valence-electron chi connectivity index (χ2n) is 7.35. The van der Waals surface area contributed by atoms with E-state index < -0.39 is 22.0 Å². The maximum atomic E-state index is 13.2. The number of carbonyl (C=O) groups is 2. The Morgan fingerprint density at radius 1 is 0.933 bits per heavy atom. The van der Waals surface area contributed by atoms with E-state index in [0.29, 0.717) is 18.8 Å². The Kier molecular flexibility index (Phi) is 6.84. The maximum Gasteiger partial charge on any atom is 0.326 e. The Morgan fingerprint density at radius 3 is 2.10 bits per heavy atom. The number of amides is 2. The van der Waals surface area contributed by atoms with E-state index in [1.54, 1.807) is 17.0 Å². The van der Waals surface area contributed by atoms with Crippen LogP contribution in [0, 0.1) is 0 Å². The monoisotopic (exact) mass is 440 g/mol. The number of sulfonamides is 1. The number of carbonyl (C=O) groups excluding carboxylic acids is 2. The van der Waals surface area contributed by atoms with E-state index in [2.05, 4.69) is 4.90 Å². The van der Waals surface area contributed by atoms with Crippen LogP contribution in [0.5, 0.6) is 5.75 Å². The molecule has 2 aliphatic rings. The molecule has 0 bridgehead atoms. The molecule has 0 saturated carbocycles. The molecule has 0 spiro atoms. The third-order valence-corrected chi connectivity index (χ3v) is 7.44. The summed E-state index contributed by atoms with van der Waals surface area (Å²) in [7, 11) is 0.748. The smallest absolute Gasteiger partial charge is 0.326 e. The van der Waals surface area contributed by atoms with Gasteiger partial charge < -0.3 is 24.2 Å². The van der Waals surface area contributed by atoms with Crippen LogP contribution in [0.25, 0.3) is 0 Å². The van der Waals surface area contributed by atoms with E-state index in [0.717, 1.165) is 17.4 Å². The van der Waals surface area contributed by atoms with Crippen molar-refractivity contribution in [3.8, 4) is 5.75 Å². The molecule has 1 aromatic carbocycles. The van der Waals surface area contributed by atoms with Crippen molar-refractivity contribution in [2.75, 3.05) is 67.1 Å². The van der Waals surface area contributed by atoms with E-state index in [-0.39, 0.29) is 30.6 Å². The van der Waals surface area contributed by atoms with Gasteiger partial charge in [0.05, 0.1) is 19.1 Å². The molecule has 2 aliphatic heterocycles. The second kappa shape index (κ2) is 9.19. The number of hydrogen-bond donors (Lipinski definition) is 0. The summed E-state index contributed by atoms with van der Waals surface area (Å²) in [4.78, 5) is 30.8. The first-order chi connectivity index (χ1) is 14.3. The van der Waals surface area contributed by atoms with Crippen LogP contribution in [0.2, 0.25) is 0 Å². The molecule has 2 saturated heterocycles. The minimum Gasteiger partial charge on any atom is -0.497 e. The summed E-state index contributed by atoms with van der Waals surface area (Å²) < 4.78 is 37.4. The molecule has 2 heterocycles. The zero-order chi connectivity index (χ0) is 21.9. The van der Waals surface area contributed by atoms with Crippen LogP contribution >= 0.6 is 0 Å². The first-order valence-electron chi connectivity index (χ1n) is 9.74. The van der Waals surface area contributed by atoms with Crippen molar-refractivity contribution < 1.29 is 27.5 Å². The number of hydrogen-bond acceptors (Lipinski definition) is 7. The van der Waals surface area contributed by atoms with E-state index in [1.807, 2.05) is 7.05 Å². The van der Waals surface area contributed by atoms with Gasteiger partial charge in [-0.2, -0.15) is 4.31 Å². The van der Waals surface area contributed by atoms with Crippen molar-refractivity contribution in [3.05, 3.63) is 24.3 Å². The lowest BCUT2D eigenvalue weighted by Gasteiger charge is -2.42. The first kappa shape index (κ1) is 22.3. The molecular weight excluding hydrogens is 412 g/mol. The van der Waals surface area contributed by atoms with Crippen molar-refractivity contribution in [2.45, 2.75) is 10.9 Å². The Morgan fingerprint density at radius 2 is 1.53 bits per heavy atom. The lowest BCUT2D eigenvalue weighted by Crippen LogP contribution is -2.62. The molecule has 0 radical (unpaired) electrons. The predicted molar refractivity (Wildman–Crippen MR) is 109 cm³/mol. The fourth-order valence-corrected chi connectivity index (χ4v) is 5.20. The van der Waals surface area contributed by atoms with Gasteiger partial charge >= 0.3 is 12.0 Å². The van der Waals surface area contributed by atoms with Gasteiger partial charge in [-0.1, -0.05) is 0 Å². The van der Waals surface area contributed by atoms with Crippen molar-refractivity contribution in [2.24, 2.45) is 0 Å². The van der Waals surface area contributed by atoms with Gasteiger partial charge in [-0.15, -0.1) is 0 Å². The van der Waals surface area contributed by atoms with Crippen LogP contribution in [0.15, 0.2) is 29.2 Å². The van der Waals surface area contributed by atoms with Crippen molar-refractivity contribution >= 4 is 22.0 Å². The summed E-state index contributed by atoms with van der Waals surface area (Å²) in [6, 6.07) is 4.68. The van der Waals surface area contributed by atoms with Gasteiger partial charge in [-0.3, -0.25) is 4.79 Å². The lowest BCUT2D eigenvalue weighted by molar-refractivity contribution is -0.146. The highest BCUT2D eigenvalue weighted by Crippen LogP contribution is 2.24. The zero-order valence-electron chi connectivity index (χ0n) is 17.5. The highest BCUT2D eigenvalue weighted by atomic mass is 32.2. The predicted octanol–water partition coefficient (Wildman–Crippen LogP) is -0.0895. The van der Waals surface area contributed by atoms with Crippen LogP contribution in [0.1, 0.15) is 0 Å². The summed E-state index contributed by atoms with van der Waals surface area (Å²) in [5, 5.41) is 0. The van der Waals surface area contributed by atoms with E-state index in [4.69, 9.17) is 9.47 Å². The summed E-state index contributed by atoms with van der Waals surface area (Å²) >= 11 is 0. The number of rotatable bonds is 4. The van der Waals surface area contributed by atoms with E-state index >= 15 is 0 Å². The average Bonchev–Trinajstić information content (AvgIpc) is 2.78. The molecule has 0 aromatic heterocycles. The number of esters is 1. The number of methoxy groups -OCH3 is 2. The molecule has 10 nitrogen and oxygen atoms in total. The summed E-state index contributed by atoms with van der Waals surface area (Å²) in [5.74, 6) is -0.163. The average molecular weight is 441 g/mol. The molecule has 1 unspecified atom stereocenters. The third kappa shape index (κ3) is 4.52. The molecule has 30 heavy (non-hydrogen) atoms. The van der Waals surface area contributed by atoms with E-state index in [9.17, 15) is 18.0 Å². The quantitative estimate of drug-likeness (QED) is 0.604. The minimum absolute atomic E-state index is 0.00755. The van der Waals surface area contributed by atoms with Crippen molar-refractivity contribution in [3.63, 3.8) is 0 Å². The number of piperazine rings is 2. The lowest BCUT2D eigenvalue weighted by atomic mass is 10.2. The topological polar surface area (TPSA) is 99.7 Å². The molecule has 0 aliphatic carbocycles. The Bertz CT molecular complexity index is 868. The van der Waals surface area contributed by atoms with Gasteiger partial charge in [-0.25, -0.2) is 13.2 Å². The largest absolute Gasteiger partial charge is 0.497 e. The van der Waals surface area contributed by atoms with Gasteiger partial charge in [0.2, 0.25) is 10.0 Å². The van der Waals surface area contributed by atoms with Crippen molar-refractivity contribution in [1.29, 1.82) is 0 Å². The molecule has 1 atom stereocenters. The van der Waals surface area contributed by atoms with Gasteiger partial charge in [0.15, 0.2) is 0 Å². The molecule has 3 rings (SSSR count). The number of urea groups is 1. The fourth-order valence-electron chi connectivity index (χ4n) is 3.64. The highest BCUT2D eigenvalue weighted by molar-refractivity contribution is 7.89. The van der Waals surface area contributed by atoms with Crippen LogP contribution in [0.3, 0.4) is 0 Å². The second-order valence-corrected chi connectivity index (χ2v) is 9.24. The van der Waals surface area contributed by atoms with Crippen molar-refractivity contribution in [1.82, 2.24) is 19.0 Å². The number of ether oxygens (including phenoxy) is 2. The maximum absolute atomic E-state index is 13.2. The van der Waals surface area contributed by atoms with Gasteiger partial charge in [0.25, 0.3) is 0 Å². The third-order valence-electron chi connectivity index (χ3n) is 5.51. The van der Waals surface area contributed by atoms with Crippen LogP contribution < -0.4 is 4.74 Å². The molecule has 1 aromatic rings. The molecule has 11 heteroatoms. The standard InChI is InChI=1S/C19H28N4O6S/c1-20-8-10-21(11-9-20)19(25)22-12-13-23(17(14-22)18(24)29-3)30(26,27)16-6-4-15(28-2)5-7-16/h4-7,17H,8-14H2,1-3H3. The zero-order valence-corrected chi connectivity index (χ0v) is 18.3. The summed E-state index contributed by atoms with van der Waals surface area (Å²) in [5.41, 5.74) is 0. The minimum atomic E-state index is -3.95. The summed E-state index contributed by atoms with van der Waals surface area (Å²) in [6.07, 6.45) is 0. The number of benzene rings is 1. The van der Waals surface area contributed by atoms with Crippen LogP contribution in [-0.4, -0.2) is 113 Å².